The number of hydrogen-bond donors (Lipinski definition) is 0. The molecular formula is C21H23NO4S. The van der Waals surface area contributed by atoms with Crippen molar-refractivity contribution >= 4 is 29.1 Å². The third-order valence-electron chi connectivity index (χ3n) is 4.03. The second-order valence-electron chi connectivity index (χ2n) is 6.64. The standard InChI is InChI=1S/C21H23NO4S/c1-4-27-19-18(15-7-9-16(10-8-15)26-13-14(2)3)20(23)22(21(19)24)12-17-6-5-11-25-17/h5-11,14H,4,12-13H2,1-3H3. The number of imide groups is 1. The number of ether oxygens (including phenoxy) is 1. The third-order valence-corrected chi connectivity index (χ3v) is 4.99. The van der Waals surface area contributed by atoms with Crippen LogP contribution < -0.4 is 4.74 Å². The zero-order chi connectivity index (χ0) is 19.4. The predicted molar refractivity (Wildman–Crippen MR) is 106 cm³/mol. The highest BCUT2D eigenvalue weighted by molar-refractivity contribution is 8.04. The van der Waals surface area contributed by atoms with Gasteiger partial charge in [0.25, 0.3) is 11.8 Å². The summed E-state index contributed by atoms with van der Waals surface area (Å²) in [6.07, 6.45) is 1.53. The van der Waals surface area contributed by atoms with Gasteiger partial charge in [-0.05, 0) is 41.5 Å². The van der Waals surface area contributed by atoms with Gasteiger partial charge in [0.1, 0.15) is 11.5 Å². The fraction of sp³-hybridized carbons (Fsp3) is 0.333. The molecule has 5 nitrogen and oxygen atoms in total. The Kier molecular flexibility index (Phi) is 6.06. The van der Waals surface area contributed by atoms with Crippen LogP contribution >= 0.6 is 11.8 Å². The average Bonchev–Trinajstić information content (AvgIpc) is 3.24. The number of benzene rings is 1. The Labute approximate surface area is 163 Å². The van der Waals surface area contributed by atoms with Crippen LogP contribution in [0.3, 0.4) is 0 Å². The molecule has 0 radical (unpaired) electrons. The maximum absolute atomic E-state index is 13.0. The number of hydrogen-bond acceptors (Lipinski definition) is 5. The summed E-state index contributed by atoms with van der Waals surface area (Å²) in [5, 5.41) is 0. The molecule has 1 aromatic carbocycles. The van der Waals surface area contributed by atoms with Crippen LogP contribution in [-0.2, 0) is 16.1 Å². The van der Waals surface area contributed by atoms with Gasteiger partial charge in [-0.3, -0.25) is 14.5 Å². The highest BCUT2D eigenvalue weighted by atomic mass is 32.2. The third kappa shape index (κ3) is 4.27. The molecule has 1 aliphatic rings. The van der Waals surface area contributed by atoms with Crippen LogP contribution in [0.4, 0.5) is 0 Å². The van der Waals surface area contributed by atoms with E-state index in [1.54, 1.807) is 12.1 Å². The van der Waals surface area contributed by atoms with E-state index in [1.165, 1.54) is 22.9 Å². The van der Waals surface area contributed by atoms with Crippen LogP contribution in [0.25, 0.3) is 5.57 Å². The van der Waals surface area contributed by atoms with Crippen molar-refractivity contribution in [2.75, 3.05) is 12.4 Å². The molecule has 0 fully saturated rings. The molecule has 2 heterocycles. The molecule has 2 aromatic rings. The molecule has 142 valence electrons. The summed E-state index contributed by atoms with van der Waals surface area (Å²) >= 11 is 1.39. The molecule has 0 unspecified atom stereocenters. The Morgan fingerprint density at radius 1 is 1.11 bits per heavy atom. The van der Waals surface area contributed by atoms with E-state index in [0.29, 0.717) is 34.5 Å². The van der Waals surface area contributed by atoms with E-state index in [2.05, 4.69) is 13.8 Å². The minimum Gasteiger partial charge on any atom is -0.493 e. The van der Waals surface area contributed by atoms with E-state index in [1.807, 2.05) is 31.2 Å². The van der Waals surface area contributed by atoms with E-state index in [9.17, 15) is 9.59 Å². The fourth-order valence-corrected chi connectivity index (χ4v) is 3.64. The summed E-state index contributed by atoms with van der Waals surface area (Å²) in [7, 11) is 0. The monoisotopic (exact) mass is 385 g/mol. The topological polar surface area (TPSA) is 59.8 Å². The van der Waals surface area contributed by atoms with Crippen molar-refractivity contribution < 1.29 is 18.7 Å². The van der Waals surface area contributed by atoms with Gasteiger partial charge in [-0.15, -0.1) is 11.8 Å². The van der Waals surface area contributed by atoms with Gasteiger partial charge in [0.15, 0.2) is 0 Å². The van der Waals surface area contributed by atoms with Crippen molar-refractivity contribution in [2.45, 2.75) is 27.3 Å². The number of carbonyl (C=O) groups excluding carboxylic acids is 2. The minimum absolute atomic E-state index is 0.136. The first-order chi connectivity index (χ1) is 13.0. The average molecular weight is 385 g/mol. The van der Waals surface area contributed by atoms with E-state index >= 15 is 0 Å². The van der Waals surface area contributed by atoms with Crippen LogP contribution in [0, 0.1) is 5.92 Å². The summed E-state index contributed by atoms with van der Waals surface area (Å²) in [5.74, 6) is 1.92. The van der Waals surface area contributed by atoms with Gasteiger partial charge in [0.05, 0.1) is 29.9 Å². The fourth-order valence-electron chi connectivity index (χ4n) is 2.77. The van der Waals surface area contributed by atoms with Crippen molar-refractivity contribution in [3.63, 3.8) is 0 Å². The number of furan rings is 1. The maximum Gasteiger partial charge on any atom is 0.268 e. The summed E-state index contributed by atoms with van der Waals surface area (Å²) < 4.78 is 11.0. The number of thioether (sulfide) groups is 1. The largest absolute Gasteiger partial charge is 0.493 e. The molecule has 1 aromatic heterocycles. The lowest BCUT2D eigenvalue weighted by atomic mass is 10.1. The number of rotatable bonds is 8. The summed E-state index contributed by atoms with van der Waals surface area (Å²) in [6, 6.07) is 10.8. The van der Waals surface area contributed by atoms with Gasteiger partial charge in [0.2, 0.25) is 0 Å². The Bertz CT molecular complexity index is 838. The van der Waals surface area contributed by atoms with Gasteiger partial charge in [-0.2, -0.15) is 0 Å². The zero-order valence-electron chi connectivity index (χ0n) is 15.7. The van der Waals surface area contributed by atoms with Crippen molar-refractivity contribution in [1.82, 2.24) is 4.90 Å². The van der Waals surface area contributed by atoms with Crippen molar-refractivity contribution in [2.24, 2.45) is 5.92 Å². The molecule has 0 spiro atoms. The quantitative estimate of drug-likeness (QED) is 0.633. The molecule has 0 aliphatic carbocycles. The zero-order valence-corrected chi connectivity index (χ0v) is 16.5. The van der Waals surface area contributed by atoms with E-state index in [0.717, 1.165) is 11.3 Å². The first-order valence-corrected chi connectivity index (χ1v) is 9.98. The minimum atomic E-state index is -0.289. The molecule has 1 aliphatic heterocycles. The van der Waals surface area contributed by atoms with Crippen molar-refractivity contribution in [1.29, 1.82) is 0 Å². The van der Waals surface area contributed by atoms with E-state index in [-0.39, 0.29) is 18.4 Å². The molecule has 0 saturated carbocycles. The van der Waals surface area contributed by atoms with Crippen molar-refractivity contribution in [3.05, 3.63) is 58.9 Å². The Hall–Kier alpha value is -2.47. The molecular weight excluding hydrogens is 362 g/mol. The molecule has 0 saturated heterocycles. The summed E-state index contributed by atoms with van der Waals surface area (Å²) in [5.41, 5.74) is 1.18. The Balaban J connectivity index is 1.86. The second-order valence-corrected chi connectivity index (χ2v) is 7.92. The number of carbonyl (C=O) groups is 2. The summed E-state index contributed by atoms with van der Waals surface area (Å²) in [6.45, 7) is 6.91. The Morgan fingerprint density at radius 2 is 1.85 bits per heavy atom. The highest BCUT2D eigenvalue weighted by Crippen LogP contribution is 2.37. The van der Waals surface area contributed by atoms with Crippen LogP contribution in [0.2, 0.25) is 0 Å². The Morgan fingerprint density at radius 3 is 2.44 bits per heavy atom. The molecule has 0 bridgehead atoms. The molecule has 27 heavy (non-hydrogen) atoms. The van der Waals surface area contributed by atoms with Crippen LogP contribution in [0.5, 0.6) is 5.75 Å². The first kappa shape index (κ1) is 19.3. The lowest BCUT2D eigenvalue weighted by molar-refractivity contribution is -0.137. The smallest absolute Gasteiger partial charge is 0.268 e. The summed E-state index contributed by atoms with van der Waals surface area (Å²) in [4.78, 5) is 27.5. The highest BCUT2D eigenvalue weighted by Gasteiger charge is 2.39. The van der Waals surface area contributed by atoms with Gasteiger partial charge in [-0.25, -0.2) is 0 Å². The lowest BCUT2D eigenvalue weighted by Crippen LogP contribution is -2.30. The van der Waals surface area contributed by atoms with Gasteiger partial charge < -0.3 is 9.15 Å². The van der Waals surface area contributed by atoms with Crippen LogP contribution in [-0.4, -0.2) is 29.1 Å². The van der Waals surface area contributed by atoms with E-state index in [4.69, 9.17) is 9.15 Å². The van der Waals surface area contributed by atoms with Gasteiger partial charge in [0, 0.05) is 0 Å². The molecule has 0 atom stereocenters. The number of nitrogens with zero attached hydrogens (tertiary/aromatic N) is 1. The second kappa shape index (κ2) is 8.48. The normalized spacial score (nSPS) is 14.6. The predicted octanol–water partition coefficient (Wildman–Crippen LogP) is 4.35. The van der Waals surface area contributed by atoms with E-state index < -0.39 is 0 Å². The molecule has 0 N–H and O–H groups in total. The molecule has 6 heteroatoms. The van der Waals surface area contributed by atoms with Gasteiger partial charge >= 0.3 is 0 Å². The SMILES string of the molecule is CCSC1=C(c2ccc(OCC(C)C)cc2)C(=O)N(Cc2ccco2)C1=O. The lowest BCUT2D eigenvalue weighted by Gasteiger charge is -2.13. The van der Waals surface area contributed by atoms with Crippen LogP contribution in [0.15, 0.2) is 52.0 Å². The van der Waals surface area contributed by atoms with Gasteiger partial charge in [-0.1, -0.05) is 32.9 Å². The maximum atomic E-state index is 13.0. The molecule has 3 rings (SSSR count). The van der Waals surface area contributed by atoms with Crippen molar-refractivity contribution in [3.8, 4) is 5.75 Å². The number of amides is 2. The van der Waals surface area contributed by atoms with Crippen LogP contribution in [0.1, 0.15) is 32.1 Å². The first-order valence-electron chi connectivity index (χ1n) is 9.00. The molecule has 2 amide bonds.